The number of phenols is 1. The van der Waals surface area contributed by atoms with Crippen molar-refractivity contribution in [1.29, 1.82) is 0 Å². The molecule has 0 radical (unpaired) electrons. The van der Waals surface area contributed by atoms with Crippen LogP contribution in [-0.2, 0) is 0 Å². The molecule has 0 aliphatic rings. The Kier molecular flexibility index (Phi) is 20.7. The lowest BCUT2D eigenvalue weighted by molar-refractivity contribution is 0.375. The minimum atomic E-state index is -4.07. The number of benzene rings is 3. The average molecular weight is 507 g/mol. The first-order valence-corrected chi connectivity index (χ1v) is 14.0. The van der Waals surface area contributed by atoms with E-state index in [9.17, 15) is 18.8 Å². The van der Waals surface area contributed by atoms with E-state index >= 15 is 0 Å². The summed E-state index contributed by atoms with van der Waals surface area (Å²) in [6.45, 7) is 16.7. The van der Waals surface area contributed by atoms with Gasteiger partial charge in [-0.3, -0.25) is 0 Å². The molecule has 3 aromatic carbocycles. The highest BCUT2D eigenvalue weighted by atomic mass is 32.3. The van der Waals surface area contributed by atoms with E-state index in [4.69, 9.17) is 0 Å². The van der Waals surface area contributed by atoms with Crippen molar-refractivity contribution in [3.8, 4) is 5.75 Å². The topological polar surface area (TPSA) is 106 Å². The van der Waals surface area contributed by atoms with Gasteiger partial charge in [-0.1, -0.05) is 124 Å². The number of unbranched alkanes of at least 4 members (excludes halogenated alkanes) is 2. The summed E-state index contributed by atoms with van der Waals surface area (Å²) in [5, 5.41) is 19.3. The molecular formula is C28H46N2O4S. The molecule has 0 amide bonds. The van der Waals surface area contributed by atoms with Crippen LogP contribution < -0.4 is 0 Å². The molecule has 35 heavy (non-hydrogen) atoms. The number of azo groups is 1. The summed E-state index contributed by atoms with van der Waals surface area (Å²) in [6, 6.07) is 17.0. The summed E-state index contributed by atoms with van der Waals surface area (Å²) in [6.07, 6.45) is 5.33. The quantitative estimate of drug-likeness (QED) is 0.258. The van der Waals surface area contributed by atoms with Crippen LogP contribution in [0.3, 0.4) is 0 Å². The van der Waals surface area contributed by atoms with Crippen LogP contribution in [0.25, 0.3) is 10.8 Å². The monoisotopic (exact) mass is 506 g/mol. The third kappa shape index (κ3) is 13.3. The van der Waals surface area contributed by atoms with Crippen molar-refractivity contribution in [2.75, 3.05) is 0 Å². The highest BCUT2D eigenvalue weighted by Crippen LogP contribution is 2.54. The molecule has 0 aromatic heterocycles. The van der Waals surface area contributed by atoms with Gasteiger partial charge in [-0.25, -0.2) is 0 Å². The van der Waals surface area contributed by atoms with Crippen LogP contribution in [0.4, 0.5) is 11.4 Å². The highest BCUT2D eigenvalue weighted by Gasteiger charge is 2.25. The second-order valence-electron chi connectivity index (χ2n) is 6.91. The van der Waals surface area contributed by atoms with E-state index in [1.54, 1.807) is 48.5 Å². The van der Waals surface area contributed by atoms with Crippen molar-refractivity contribution in [1.82, 2.24) is 0 Å². The Bertz CT molecular complexity index is 941. The number of hydrogen-bond donors (Lipinski definition) is 4. The normalized spacial score (nSPS) is 10.5. The fourth-order valence-corrected chi connectivity index (χ4v) is 3.24. The minimum absolute atomic E-state index is 0.171. The van der Waals surface area contributed by atoms with Crippen LogP contribution >= 0.6 is 10.9 Å². The zero-order valence-corrected chi connectivity index (χ0v) is 23.5. The zero-order chi connectivity index (χ0) is 27.3. The van der Waals surface area contributed by atoms with E-state index in [0.717, 1.165) is 0 Å². The maximum atomic E-state index is 10.4. The average Bonchev–Trinajstić information content (AvgIpc) is 2.87. The molecule has 3 rings (SSSR count). The van der Waals surface area contributed by atoms with Crippen LogP contribution in [0.2, 0.25) is 0 Å². The third-order valence-electron chi connectivity index (χ3n) is 3.98. The van der Waals surface area contributed by atoms with E-state index in [1.807, 2.05) is 33.8 Å². The summed E-state index contributed by atoms with van der Waals surface area (Å²) >= 11 is 0. The number of aromatic hydroxyl groups is 1. The SMILES string of the molecule is CC.CC.CCC.CCCCC.Oc1c(N=Nc2ccccc2)c(S(O)(O)O)cc2ccccc12. The van der Waals surface area contributed by atoms with Crippen molar-refractivity contribution in [3.05, 3.63) is 60.7 Å². The molecule has 0 atom stereocenters. The summed E-state index contributed by atoms with van der Waals surface area (Å²) in [7, 11) is -4.07. The van der Waals surface area contributed by atoms with Gasteiger partial charge in [-0.05, 0) is 23.6 Å². The summed E-state index contributed by atoms with van der Waals surface area (Å²) in [4.78, 5) is -0.270. The maximum absolute atomic E-state index is 10.4. The number of hydrogen-bond acceptors (Lipinski definition) is 6. The van der Waals surface area contributed by atoms with E-state index in [1.165, 1.54) is 31.7 Å². The Morgan fingerprint density at radius 2 is 1.20 bits per heavy atom. The highest BCUT2D eigenvalue weighted by molar-refractivity contribution is 8.19. The summed E-state index contributed by atoms with van der Waals surface area (Å²) in [5.74, 6) is -0.271. The zero-order valence-electron chi connectivity index (χ0n) is 22.7. The molecule has 0 aliphatic carbocycles. The molecule has 0 fully saturated rings. The van der Waals surface area contributed by atoms with Gasteiger partial charge in [0, 0.05) is 5.39 Å². The van der Waals surface area contributed by atoms with Gasteiger partial charge in [0.1, 0.15) is 16.6 Å². The Balaban J connectivity index is 0. The van der Waals surface area contributed by atoms with Crippen molar-refractivity contribution in [3.63, 3.8) is 0 Å². The van der Waals surface area contributed by atoms with Crippen molar-refractivity contribution in [2.24, 2.45) is 10.2 Å². The molecule has 0 saturated carbocycles. The Morgan fingerprint density at radius 3 is 1.66 bits per heavy atom. The Morgan fingerprint density at radius 1 is 0.714 bits per heavy atom. The van der Waals surface area contributed by atoms with Gasteiger partial charge < -0.3 is 18.8 Å². The van der Waals surface area contributed by atoms with Crippen LogP contribution in [0.5, 0.6) is 5.75 Å². The van der Waals surface area contributed by atoms with Crippen LogP contribution in [0, 0.1) is 0 Å². The number of nitrogens with zero attached hydrogens (tertiary/aromatic N) is 2. The van der Waals surface area contributed by atoms with Crippen LogP contribution in [0.15, 0.2) is 75.8 Å². The summed E-state index contributed by atoms with van der Waals surface area (Å²) in [5.41, 5.74) is 0.357. The number of rotatable bonds is 5. The lowest BCUT2D eigenvalue weighted by Crippen LogP contribution is -1.96. The molecule has 6 nitrogen and oxygen atoms in total. The standard InChI is InChI=1S/C16H14N2O4S.C5H12.C3H8.2C2H6/c19-16-13-9-5-4-6-11(13)10-14(23(20,21)22)15(16)18-17-12-7-2-1-3-8-12;1-3-5-4-2;1-3-2;2*1-2/h1-10,19-22H;3-5H2,1-2H3;3H2,1-2H3;2*1-2H3. The van der Waals surface area contributed by atoms with E-state index in [0.29, 0.717) is 16.5 Å². The molecule has 7 heteroatoms. The fourth-order valence-electron chi connectivity index (χ4n) is 2.55. The predicted octanol–water partition coefficient (Wildman–Crippen LogP) is 11.2. The molecule has 0 aliphatic heterocycles. The molecular weight excluding hydrogens is 460 g/mol. The van der Waals surface area contributed by atoms with Gasteiger partial charge >= 0.3 is 0 Å². The first-order valence-electron chi connectivity index (χ1n) is 12.5. The van der Waals surface area contributed by atoms with E-state index < -0.39 is 10.9 Å². The first kappa shape index (κ1) is 34.7. The van der Waals surface area contributed by atoms with Gasteiger partial charge in [0.15, 0.2) is 5.75 Å². The van der Waals surface area contributed by atoms with Gasteiger partial charge in [-0.2, -0.15) is 5.11 Å². The van der Waals surface area contributed by atoms with Gasteiger partial charge in [-0.15, -0.1) is 5.11 Å². The van der Waals surface area contributed by atoms with Crippen molar-refractivity contribution < 1.29 is 18.8 Å². The van der Waals surface area contributed by atoms with E-state index in [-0.39, 0.29) is 16.3 Å². The molecule has 0 heterocycles. The third-order valence-corrected chi connectivity index (χ3v) is 4.89. The Hall–Kier alpha value is -2.45. The largest absolute Gasteiger partial charge is 0.505 e. The number of fused-ring (bicyclic) bond motifs is 1. The molecule has 0 saturated heterocycles. The van der Waals surface area contributed by atoms with Crippen LogP contribution in [-0.4, -0.2) is 18.8 Å². The second kappa shape index (κ2) is 20.9. The van der Waals surface area contributed by atoms with Gasteiger partial charge in [0.05, 0.1) is 10.6 Å². The van der Waals surface area contributed by atoms with Crippen molar-refractivity contribution >= 4 is 33.0 Å². The molecule has 0 spiro atoms. The maximum Gasteiger partial charge on any atom is 0.152 e. The molecule has 198 valence electrons. The lowest BCUT2D eigenvalue weighted by Gasteiger charge is -2.22. The van der Waals surface area contributed by atoms with Crippen molar-refractivity contribution in [2.45, 2.75) is 86.0 Å². The number of phenolic OH excluding ortho intramolecular Hbond substituents is 1. The molecule has 4 N–H and O–H groups in total. The lowest BCUT2D eigenvalue weighted by atomic mass is 10.1. The fraction of sp³-hybridized carbons (Fsp3) is 0.429. The predicted molar refractivity (Wildman–Crippen MR) is 154 cm³/mol. The molecule has 0 unspecified atom stereocenters. The smallest absolute Gasteiger partial charge is 0.152 e. The van der Waals surface area contributed by atoms with Crippen LogP contribution in [0.1, 0.15) is 81.1 Å². The van der Waals surface area contributed by atoms with Gasteiger partial charge in [0.25, 0.3) is 0 Å². The van der Waals surface area contributed by atoms with E-state index in [2.05, 4.69) is 37.9 Å². The summed E-state index contributed by atoms with van der Waals surface area (Å²) < 4.78 is 28.9. The molecule has 0 bridgehead atoms. The Labute approximate surface area is 214 Å². The van der Waals surface area contributed by atoms with Gasteiger partial charge in [0.2, 0.25) is 0 Å². The second-order valence-corrected chi connectivity index (χ2v) is 8.39. The molecule has 3 aromatic rings. The minimum Gasteiger partial charge on any atom is -0.505 e. The first-order chi connectivity index (χ1) is 16.8.